The van der Waals surface area contributed by atoms with Gasteiger partial charge in [0.15, 0.2) is 0 Å². The van der Waals surface area contributed by atoms with Gasteiger partial charge in [0.25, 0.3) is 0 Å². The minimum absolute atomic E-state index is 0.105. The molecule has 2 amide bonds. The zero-order chi connectivity index (χ0) is 21.4. The molecule has 7 heteroatoms. The van der Waals surface area contributed by atoms with Gasteiger partial charge in [0.1, 0.15) is 6.04 Å². The third-order valence-corrected chi connectivity index (χ3v) is 6.06. The summed E-state index contributed by atoms with van der Waals surface area (Å²) in [5.74, 6) is 0.723. The maximum atomic E-state index is 13.0. The second-order valence-electron chi connectivity index (χ2n) is 6.81. The Morgan fingerprint density at radius 2 is 1.83 bits per heavy atom. The highest BCUT2D eigenvalue weighted by Gasteiger charge is 2.26. The summed E-state index contributed by atoms with van der Waals surface area (Å²) >= 11 is 13.8. The van der Waals surface area contributed by atoms with E-state index in [1.807, 2.05) is 13.8 Å². The van der Waals surface area contributed by atoms with Gasteiger partial charge in [0.2, 0.25) is 11.8 Å². The summed E-state index contributed by atoms with van der Waals surface area (Å²) in [6.07, 6.45) is 0. The van der Waals surface area contributed by atoms with Gasteiger partial charge >= 0.3 is 0 Å². The number of benzene rings is 2. The lowest BCUT2D eigenvalue weighted by atomic mass is 10.1. The minimum atomic E-state index is -0.603. The second-order valence-corrected chi connectivity index (χ2v) is 8.64. The fourth-order valence-corrected chi connectivity index (χ4v) is 4.10. The van der Waals surface area contributed by atoms with Crippen molar-refractivity contribution in [3.8, 4) is 0 Å². The van der Waals surface area contributed by atoms with Gasteiger partial charge in [-0.3, -0.25) is 9.59 Å². The first-order chi connectivity index (χ1) is 13.8. The molecule has 0 spiro atoms. The number of carbonyl (C=O) groups is 2. The van der Waals surface area contributed by atoms with Crippen LogP contribution in [0.1, 0.15) is 30.5 Å². The van der Waals surface area contributed by atoms with E-state index in [9.17, 15) is 9.59 Å². The van der Waals surface area contributed by atoms with Crippen LogP contribution in [0, 0.1) is 6.92 Å². The van der Waals surface area contributed by atoms with Crippen LogP contribution in [0.2, 0.25) is 10.0 Å². The number of thioether (sulfide) groups is 1. The van der Waals surface area contributed by atoms with E-state index in [0.717, 1.165) is 16.9 Å². The average molecular weight is 453 g/mol. The van der Waals surface area contributed by atoms with Crippen molar-refractivity contribution >= 4 is 46.8 Å². The standard InChI is InChI=1S/C22H26Cl2N2O2S/c1-4-25-22(28)16(3)26(12-18-9-10-19(23)11-20(18)24)21(27)14-29-13-17-7-5-15(2)6-8-17/h5-11,16H,4,12-14H2,1-3H3,(H,25,28)/t16-/m1/s1. The number of nitrogens with one attached hydrogen (secondary N) is 1. The fourth-order valence-electron chi connectivity index (χ4n) is 2.76. The highest BCUT2D eigenvalue weighted by molar-refractivity contribution is 7.99. The largest absolute Gasteiger partial charge is 0.355 e. The summed E-state index contributed by atoms with van der Waals surface area (Å²) in [5.41, 5.74) is 3.12. The molecular formula is C22H26Cl2N2O2S. The smallest absolute Gasteiger partial charge is 0.242 e. The number of hydrogen-bond acceptors (Lipinski definition) is 3. The van der Waals surface area contributed by atoms with E-state index in [1.54, 1.807) is 30.0 Å². The third kappa shape index (κ3) is 7.25. The van der Waals surface area contributed by atoms with Crippen LogP contribution >= 0.6 is 35.0 Å². The van der Waals surface area contributed by atoms with Crippen molar-refractivity contribution in [3.05, 3.63) is 69.2 Å². The van der Waals surface area contributed by atoms with Crippen molar-refractivity contribution < 1.29 is 9.59 Å². The molecular weight excluding hydrogens is 427 g/mol. The van der Waals surface area contributed by atoms with E-state index in [2.05, 4.69) is 29.6 Å². The lowest BCUT2D eigenvalue weighted by molar-refractivity contribution is -0.138. The molecule has 0 radical (unpaired) electrons. The molecule has 0 saturated carbocycles. The number of carbonyl (C=O) groups excluding carboxylic acids is 2. The van der Waals surface area contributed by atoms with Crippen molar-refractivity contribution in [2.75, 3.05) is 12.3 Å². The molecule has 0 bridgehead atoms. The van der Waals surface area contributed by atoms with Crippen molar-refractivity contribution in [1.82, 2.24) is 10.2 Å². The number of rotatable bonds is 9. The summed E-state index contributed by atoms with van der Waals surface area (Å²) in [6.45, 7) is 6.39. The monoisotopic (exact) mass is 452 g/mol. The van der Waals surface area contributed by atoms with Gasteiger partial charge in [-0.05, 0) is 44.0 Å². The molecule has 2 aromatic rings. The number of aryl methyl sites for hydroxylation is 1. The molecule has 0 heterocycles. The highest BCUT2D eigenvalue weighted by Crippen LogP contribution is 2.24. The molecule has 0 aliphatic heterocycles. The molecule has 1 N–H and O–H groups in total. The van der Waals surface area contributed by atoms with Crippen molar-refractivity contribution in [3.63, 3.8) is 0 Å². The predicted octanol–water partition coefficient (Wildman–Crippen LogP) is 5.09. The number of halogens is 2. The van der Waals surface area contributed by atoms with Gasteiger partial charge in [-0.25, -0.2) is 0 Å². The average Bonchev–Trinajstić information content (AvgIpc) is 2.68. The molecule has 0 fully saturated rings. The molecule has 1 atom stereocenters. The van der Waals surface area contributed by atoms with Gasteiger partial charge in [-0.2, -0.15) is 0 Å². The predicted molar refractivity (Wildman–Crippen MR) is 122 cm³/mol. The van der Waals surface area contributed by atoms with Crippen LogP contribution in [-0.4, -0.2) is 35.1 Å². The molecule has 0 aromatic heterocycles. The van der Waals surface area contributed by atoms with E-state index in [-0.39, 0.29) is 24.1 Å². The van der Waals surface area contributed by atoms with E-state index in [0.29, 0.717) is 16.6 Å². The quantitative estimate of drug-likeness (QED) is 0.576. The molecule has 156 valence electrons. The first-order valence-electron chi connectivity index (χ1n) is 9.46. The molecule has 29 heavy (non-hydrogen) atoms. The van der Waals surface area contributed by atoms with Gasteiger partial charge in [0.05, 0.1) is 5.75 Å². The van der Waals surface area contributed by atoms with Gasteiger partial charge in [-0.1, -0.05) is 59.1 Å². The molecule has 2 aromatic carbocycles. The zero-order valence-electron chi connectivity index (χ0n) is 16.9. The molecule has 0 saturated heterocycles. The zero-order valence-corrected chi connectivity index (χ0v) is 19.2. The molecule has 0 unspecified atom stereocenters. The van der Waals surface area contributed by atoms with Crippen LogP contribution < -0.4 is 5.32 Å². The van der Waals surface area contributed by atoms with Crippen molar-refractivity contribution in [2.24, 2.45) is 0 Å². The summed E-state index contributed by atoms with van der Waals surface area (Å²) in [6, 6.07) is 12.8. The van der Waals surface area contributed by atoms with Gasteiger partial charge in [0, 0.05) is 28.9 Å². The second kappa shape index (κ2) is 11.5. The van der Waals surface area contributed by atoms with Crippen LogP contribution in [0.5, 0.6) is 0 Å². The fraction of sp³-hybridized carbons (Fsp3) is 0.364. The Balaban J connectivity index is 2.09. The Bertz CT molecular complexity index is 843. The lowest BCUT2D eigenvalue weighted by Gasteiger charge is -2.29. The van der Waals surface area contributed by atoms with E-state index < -0.39 is 6.04 Å². The Labute approximate surface area is 187 Å². The number of nitrogens with zero attached hydrogens (tertiary/aromatic N) is 1. The van der Waals surface area contributed by atoms with E-state index >= 15 is 0 Å². The minimum Gasteiger partial charge on any atom is -0.355 e. The van der Waals surface area contributed by atoms with Crippen LogP contribution in [0.15, 0.2) is 42.5 Å². The SMILES string of the molecule is CCNC(=O)[C@@H](C)N(Cc1ccc(Cl)cc1Cl)C(=O)CSCc1ccc(C)cc1. The number of hydrogen-bond donors (Lipinski definition) is 1. The van der Waals surface area contributed by atoms with Crippen LogP contribution in [0.3, 0.4) is 0 Å². The summed E-state index contributed by atoms with van der Waals surface area (Å²) in [4.78, 5) is 26.9. The van der Waals surface area contributed by atoms with Crippen molar-refractivity contribution in [1.29, 1.82) is 0 Å². The summed E-state index contributed by atoms with van der Waals surface area (Å²) in [7, 11) is 0. The Morgan fingerprint density at radius 1 is 1.14 bits per heavy atom. The molecule has 4 nitrogen and oxygen atoms in total. The Kier molecular flexibility index (Phi) is 9.34. The van der Waals surface area contributed by atoms with E-state index in [4.69, 9.17) is 23.2 Å². The van der Waals surface area contributed by atoms with E-state index in [1.165, 1.54) is 17.3 Å². The lowest BCUT2D eigenvalue weighted by Crippen LogP contribution is -2.48. The number of likely N-dealkylation sites (N-methyl/N-ethyl adjacent to an activating group) is 1. The topological polar surface area (TPSA) is 49.4 Å². The summed E-state index contributed by atoms with van der Waals surface area (Å²) in [5, 5.41) is 3.79. The van der Waals surface area contributed by atoms with Crippen LogP contribution in [-0.2, 0) is 21.9 Å². The van der Waals surface area contributed by atoms with Gasteiger partial charge < -0.3 is 10.2 Å². The first-order valence-corrected chi connectivity index (χ1v) is 11.4. The first kappa shape index (κ1) is 23.6. The molecule has 2 rings (SSSR count). The highest BCUT2D eigenvalue weighted by atomic mass is 35.5. The maximum Gasteiger partial charge on any atom is 0.242 e. The van der Waals surface area contributed by atoms with Crippen LogP contribution in [0.4, 0.5) is 0 Å². The summed E-state index contributed by atoms with van der Waals surface area (Å²) < 4.78 is 0. The van der Waals surface area contributed by atoms with Crippen LogP contribution in [0.25, 0.3) is 0 Å². The normalized spacial score (nSPS) is 11.8. The molecule has 0 aliphatic rings. The maximum absolute atomic E-state index is 13.0. The Hall–Kier alpha value is -1.69. The Morgan fingerprint density at radius 3 is 2.45 bits per heavy atom. The number of amides is 2. The van der Waals surface area contributed by atoms with Gasteiger partial charge in [-0.15, -0.1) is 11.8 Å². The van der Waals surface area contributed by atoms with Crippen molar-refractivity contribution in [2.45, 2.75) is 39.1 Å². The third-order valence-electron chi connectivity index (χ3n) is 4.49. The molecule has 0 aliphatic carbocycles.